The number of aromatic hydroxyl groups is 1. The predicted octanol–water partition coefficient (Wildman–Crippen LogP) is 1.77. The average Bonchev–Trinajstić information content (AvgIpc) is 3.03. The molecule has 0 amide bonds. The van der Waals surface area contributed by atoms with Gasteiger partial charge in [0.05, 0.1) is 35.9 Å². The van der Waals surface area contributed by atoms with Gasteiger partial charge in [0.1, 0.15) is 0 Å². The third kappa shape index (κ3) is 4.50. The SMILES string of the molecule is [C-]#[N+]c1c(C)c(C=C=Cc2c(C)[nH]n(CCO)c2=O)c(=O)n(-c2ccc(S(=O)(=O)O)cc2)c1O. The number of nitrogens with zero attached hydrogens (tertiary/aromatic N) is 3. The van der Waals surface area contributed by atoms with E-state index in [-0.39, 0.29) is 46.8 Å². The van der Waals surface area contributed by atoms with Gasteiger partial charge in [0.25, 0.3) is 21.2 Å². The summed E-state index contributed by atoms with van der Waals surface area (Å²) in [5.74, 6) is -0.633. The Morgan fingerprint density at radius 2 is 1.74 bits per heavy atom. The van der Waals surface area contributed by atoms with Crippen molar-refractivity contribution in [2.75, 3.05) is 6.61 Å². The van der Waals surface area contributed by atoms with Crippen LogP contribution in [0.15, 0.2) is 44.5 Å². The Morgan fingerprint density at radius 3 is 2.29 bits per heavy atom. The van der Waals surface area contributed by atoms with E-state index in [9.17, 15) is 23.1 Å². The van der Waals surface area contributed by atoms with Gasteiger partial charge < -0.3 is 10.2 Å². The van der Waals surface area contributed by atoms with Gasteiger partial charge in [-0.25, -0.2) is 4.85 Å². The highest BCUT2D eigenvalue weighted by molar-refractivity contribution is 7.85. The number of aliphatic hydroxyl groups is 1. The number of aromatic amines is 1. The Balaban J connectivity index is 2.19. The molecule has 0 atom stereocenters. The molecule has 12 heteroatoms. The topological polar surface area (TPSA) is 159 Å². The number of aromatic nitrogens is 3. The van der Waals surface area contributed by atoms with E-state index in [1.165, 1.54) is 35.9 Å². The molecule has 0 spiro atoms. The van der Waals surface area contributed by atoms with E-state index in [0.717, 1.165) is 16.7 Å². The van der Waals surface area contributed by atoms with Gasteiger partial charge in [-0.05, 0) is 55.8 Å². The van der Waals surface area contributed by atoms with Crippen LogP contribution in [0.5, 0.6) is 5.88 Å². The molecule has 1 aromatic carbocycles. The lowest BCUT2D eigenvalue weighted by atomic mass is 10.1. The van der Waals surface area contributed by atoms with Crippen molar-refractivity contribution in [2.45, 2.75) is 25.3 Å². The Labute approximate surface area is 193 Å². The lowest BCUT2D eigenvalue weighted by Crippen LogP contribution is -2.22. The molecule has 2 aromatic heterocycles. The van der Waals surface area contributed by atoms with Crippen LogP contribution < -0.4 is 11.1 Å². The van der Waals surface area contributed by atoms with Crippen LogP contribution >= 0.6 is 0 Å². The number of nitrogens with one attached hydrogen (secondary N) is 1. The molecule has 0 saturated carbocycles. The summed E-state index contributed by atoms with van der Waals surface area (Å²) in [7, 11) is -4.46. The van der Waals surface area contributed by atoms with Gasteiger partial charge in [-0.15, -0.1) is 5.73 Å². The van der Waals surface area contributed by atoms with Crippen LogP contribution in [0.25, 0.3) is 22.7 Å². The van der Waals surface area contributed by atoms with Crippen molar-refractivity contribution in [3.63, 3.8) is 0 Å². The minimum absolute atomic E-state index is 0.0165. The minimum Gasteiger partial charge on any atom is -0.502 e. The van der Waals surface area contributed by atoms with Gasteiger partial charge in [-0.3, -0.25) is 28.5 Å². The second kappa shape index (κ2) is 9.38. The van der Waals surface area contributed by atoms with E-state index < -0.39 is 26.5 Å². The van der Waals surface area contributed by atoms with Crippen molar-refractivity contribution >= 4 is 28.0 Å². The first-order chi connectivity index (χ1) is 16.0. The second-order valence-electron chi connectivity index (χ2n) is 7.22. The standard InChI is InChI=1S/C22H20N4O7S/c1-13-17(5-4-6-18-14(2)24-25(11-12-27)20(18)28)21(29)26(22(30)19(13)23-3)15-7-9-16(10-8-15)34(31,32)33/h5-10,24,27,30H,11-12H2,1-2H3,(H,31,32,33). The van der Waals surface area contributed by atoms with E-state index in [0.29, 0.717) is 5.69 Å². The van der Waals surface area contributed by atoms with Crippen LogP contribution in [0, 0.1) is 20.4 Å². The molecule has 0 aliphatic heterocycles. The van der Waals surface area contributed by atoms with Crippen LogP contribution in [-0.2, 0) is 16.7 Å². The Hall–Kier alpha value is -4.14. The van der Waals surface area contributed by atoms with E-state index in [1.807, 2.05) is 0 Å². The van der Waals surface area contributed by atoms with E-state index >= 15 is 0 Å². The molecule has 0 aliphatic rings. The number of pyridine rings is 1. The fraction of sp³-hybridized carbons (Fsp3) is 0.182. The summed E-state index contributed by atoms with van der Waals surface area (Å²) in [5, 5.41) is 22.4. The van der Waals surface area contributed by atoms with E-state index in [2.05, 4.69) is 15.7 Å². The molecule has 3 aromatic rings. The molecule has 176 valence electrons. The minimum atomic E-state index is -4.46. The third-order valence-corrected chi connectivity index (χ3v) is 5.95. The molecule has 34 heavy (non-hydrogen) atoms. The summed E-state index contributed by atoms with van der Waals surface area (Å²) < 4.78 is 33.8. The summed E-state index contributed by atoms with van der Waals surface area (Å²) >= 11 is 0. The first-order valence-corrected chi connectivity index (χ1v) is 11.2. The Morgan fingerprint density at radius 1 is 1.12 bits per heavy atom. The molecule has 2 heterocycles. The largest absolute Gasteiger partial charge is 0.502 e. The monoisotopic (exact) mass is 484 g/mol. The quantitative estimate of drug-likeness (QED) is 0.236. The van der Waals surface area contributed by atoms with Crippen molar-refractivity contribution in [1.82, 2.24) is 14.3 Å². The molecular formula is C22H20N4O7S. The highest BCUT2D eigenvalue weighted by Crippen LogP contribution is 2.33. The number of benzene rings is 1. The predicted molar refractivity (Wildman–Crippen MR) is 124 cm³/mol. The molecular weight excluding hydrogens is 464 g/mol. The molecule has 0 fully saturated rings. The van der Waals surface area contributed by atoms with Gasteiger partial charge in [0, 0.05) is 11.3 Å². The van der Waals surface area contributed by atoms with E-state index in [1.54, 1.807) is 6.92 Å². The van der Waals surface area contributed by atoms with Crippen molar-refractivity contribution < 1.29 is 23.2 Å². The number of aliphatic hydroxyl groups excluding tert-OH is 1. The highest BCUT2D eigenvalue weighted by Gasteiger charge is 2.19. The first kappa shape index (κ1) is 24.5. The molecule has 0 saturated heterocycles. The smallest absolute Gasteiger partial charge is 0.294 e. The zero-order chi connectivity index (χ0) is 25.2. The molecule has 3 rings (SSSR count). The molecule has 11 nitrogen and oxygen atoms in total. The van der Waals surface area contributed by atoms with Crippen LogP contribution in [0.1, 0.15) is 22.4 Å². The number of H-pyrrole nitrogens is 1. The second-order valence-corrected chi connectivity index (χ2v) is 8.64. The fourth-order valence-electron chi connectivity index (χ4n) is 3.34. The lowest BCUT2D eigenvalue weighted by Gasteiger charge is -2.14. The number of hydrogen-bond donors (Lipinski definition) is 4. The number of rotatable bonds is 6. The molecule has 4 N–H and O–H groups in total. The maximum absolute atomic E-state index is 13.2. The first-order valence-electron chi connectivity index (χ1n) is 9.78. The number of hydrogen-bond acceptors (Lipinski definition) is 6. The summed E-state index contributed by atoms with van der Waals surface area (Å²) in [4.78, 5) is 28.4. The Bertz CT molecular complexity index is 1590. The molecule has 0 radical (unpaired) electrons. The summed E-state index contributed by atoms with van der Waals surface area (Å²) in [6.07, 6.45) is 2.63. The van der Waals surface area contributed by atoms with E-state index in [4.69, 9.17) is 16.2 Å². The lowest BCUT2D eigenvalue weighted by molar-refractivity contribution is 0.267. The molecule has 0 unspecified atom stereocenters. The Kier molecular flexibility index (Phi) is 6.76. The normalized spacial score (nSPS) is 11.0. The highest BCUT2D eigenvalue weighted by atomic mass is 32.2. The zero-order valence-electron chi connectivity index (χ0n) is 18.1. The van der Waals surface area contributed by atoms with Gasteiger partial charge >= 0.3 is 0 Å². The fourth-order valence-corrected chi connectivity index (χ4v) is 3.82. The van der Waals surface area contributed by atoms with Gasteiger partial charge in [-0.2, -0.15) is 8.42 Å². The maximum atomic E-state index is 13.2. The van der Waals surface area contributed by atoms with Gasteiger partial charge in [0.15, 0.2) is 0 Å². The van der Waals surface area contributed by atoms with Crippen LogP contribution in [0.3, 0.4) is 0 Å². The van der Waals surface area contributed by atoms with Gasteiger partial charge in [0.2, 0.25) is 11.6 Å². The average molecular weight is 484 g/mol. The van der Waals surface area contributed by atoms with Crippen molar-refractivity contribution in [3.05, 3.63) is 84.5 Å². The van der Waals surface area contributed by atoms with Crippen LogP contribution in [0.2, 0.25) is 0 Å². The summed E-state index contributed by atoms with van der Waals surface area (Å²) in [6.45, 7) is 10.4. The molecule has 0 aliphatic carbocycles. The van der Waals surface area contributed by atoms with Crippen molar-refractivity contribution in [2.24, 2.45) is 0 Å². The summed E-state index contributed by atoms with van der Waals surface area (Å²) in [6, 6.07) is 4.50. The van der Waals surface area contributed by atoms with Crippen molar-refractivity contribution in [3.8, 4) is 11.6 Å². The van der Waals surface area contributed by atoms with Crippen LogP contribution in [-0.4, -0.2) is 44.1 Å². The summed E-state index contributed by atoms with van der Waals surface area (Å²) in [5.41, 5.74) is 2.53. The van der Waals surface area contributed by atoms with Crippen LogP contribution in [0.4, 0.5) is 5.69 Å². The zero-order valence-corrected chi connectivity index (χ0v) is 18.9. The third-order valence-electron chi connectivity index (χ3n) is 5.08. The maximum Gasteiger partial charge on any atom is 0.294 e. The van der Waals surface area contributed by atoms with Crippen molar-refractivity contribution in [1.29, 1.82) is 0 Å². The number of aryl methyl sites for hydroxylation is 1. The van der Waals surface area contributed by atoms with Gasteiger partial charge in [-0.1, -0.05) is 0 Å². The molecule has 0 bridgehead atoms.